The van der Waals surface area contributed by atoms with E-state index < -0.39 is 0 Å². The smallest absolute Gasteiger partial charge is 0.107 e. The Kier molecular flexibility index (Phi) is 1.81. The normalized spacial score (nSPS) is 11.1. The van der Waals surface area contributed by atoms with E-state index >= 15 is 0 Å². The van der Waals surface area contributed by atoms with Gasteiger partial charge in [0.25, 0.3) is 0 Å². The molecule has 13 heavy (non-hydrogen) atoms. The Morgan fingerprint density at radius 2 is 2.00 bits per heavy atom. The minimum absolute atomic E-state index is 0.735. The first-order chi connectivity index (χ1) is 6.09. The van der Waals surface area contributed by atoms with Crippen molar-refractivity contribution in [3.05, 3.63) is 28.5 Å². The number of imidazole rings is 1. The van der Waals surface area contributed by atoms with E-state index in [1.54, 1.807) is 0 Å². The highest BCUT2D eigenvalue weighted by molar-refractivity contribution is 6.35. The molecule has 0 saturated carbocycles. The summed E-state index contributed by atoms with van der Waals surface area (Å²) < 4.78 is 2.05. The van der Waals surface area contributed by atoms with Gasteiger partial charge in [-0.3, -0.25) is 0 Å². The minimum atomic E-state index is 0.735. The lowest BCUT2D eigenvalue weighted by Crippen LogP contribution is -1.90. The monoisotopic (exact) mass is 194 g/mol. The van der Waals surface area contributed by atoms with Crippen molar-refractivity contribution in [1.29, 1.82) is 0 Å². The topological polar surface area (TPSA) is 17.8 Å². The fourth-order valence-corrected chi connectivity index (χ4v) is 1.80. The van der Waals surface area contributed by atoms with Crippen LogP contribution in [-0.4, -0.2) is 9.55 Å². The fraction of sp³-hybridized carbons (Fsp3) is 0.300. The second-order valence-corrected chi connectivity index (χ2v) is 3.74. The van der Waals surface area contributed by atoms with E-state index in [2.05, 4.69) is 11.1 Å². The summed E-state index contributed by atoms with van der Waals surface area (Å²) >= 11 is 6.07. The van der Waals surface area contributed by atoms with Gasteiger partial charge in [-0.1, -0.05) is 11.6 Å². The molecule has 1 aromatic heterocycles. The summed E-state index contributed by atoms with van der Waals surface area (Å²) in [7, 11) is 2.00. The van der Waals surface area contributed by atoms with Crippen LogP contribution < -0.4 is 0 Å². The van der Waals surface area contributed by atoms with Crippen LogP contribution in [0.1, 0.15) is 11.4 Å². The van der Waals surface area contributed by atoms with Crippen molar-refractivity contribution < 1.29 is 0 Å². The van der Waals surface area contributed by atoms with Crippen LogP contribution in [0.4, 0.5) is 0 Å². The Morgan fingerprint density at radius 1 is 1.31 bits per heavy atom. The van der Waals surface area contributed by atoms with Crippen LogP contribution in [0.15, 0.2) is 12.1 Å². The molecule has 68 valence electrons. The molecule has 0 bridgehead atoms. The molecule has 2 rings (SSSR count). The zero-order valence-corrected chi connectivity index (χ0v) is 8.68. The molecule has 0 unspecified atom stereocenters. The third-order valence-electron chi connectivity index (χ3n) is 2.31. The highest BCUT2D eigenvalue weighted by atomic mass is 35.5. The molecular weight excluding hydrogens is 184 g/mol. The van der Waals surface area contributed by atoms with Crippen molar-refractivity contribution in [3.63, 3.8) is 0 Å². The number of benzene rings is 1. The first-order valence-electron chi connectivity index (χ1n) is 4.19. The number of fused-ring (bicyclic) bond motifs is 1. The summed E-state index contributed by atoms with van der Waals surface area (Å²) in [6.45, 7) is 4.01. The maximum Gasteiger partial charge on any atom is 0.107 e. The number of nitrogens with zero attached hydrogens (tertiary/aromatic N) is 2. The van der Waals surface area contributed by atoms with Crippen molar-refractivity contribution in [2.75, 3.05) is 0 Å². The number of hydrogen-bond donors (Lipinski definition) is 0. The molecule has 0 N–H and O–H groups in total. The van der Waals surface area contributed by atoms with Crippen molar-refractivity contribution in [1.82, 2.24) is 9.55 Å². The Hall–Kier alpha value is -1.02. The van der Waals surface area contributed by atoms with Crippen LogP contribution in [0, 0.1) is 13.8 Å². The lowest BCUT2D eigenvalue weighted by atomic mass is 10.2. The van der Waals surface area contributed by atoms with E-state index in [-0.39, 0.29) is 0 Å². The predicted octanol–water partition coefficient (Wildman–Crippen LogP) is 2.84. The van der Waals surface area contributed by atoms with E-state index in [4.69, 9.17) is 11.6 Å². The Balaban J connectivity index is 2.94. The lowest BCUT2D eigenvalue weighted by molar-refractivity contribution is 0.885. The van der Waals surface area contributed by atoms with Crippen LogP contribution in [0.5, 0.6) is 0 Å². The molecule has 0 fully saturated rings. The van der Waals surface area contributed by atoms with E-state index in [0.29, 0.717) is 0 Å². The molecule has 2 nitrogen and oxygen atoms in total. The molecule has 0 saturated heterocycles. The quantitative estimate of drug-likeness (QED) is 0.631. The second-order valence-electron chi connectivity index (χ2n) is 3.33. The Bertz CT molecular complexity index is 471. The number of aryl methyl sites for hydroxylation is 3. The predicted molar refractivity (Wildman–Crippen MR) is 55.2 cm³/mol. The zero-order chi connectivity index (χ0) is 9.59. The van der Waals surface area contributed by atoms with Crippen molar-refractivity contribution in [3.8, 4) is 0 Å². The average molecular weight is 195 g/mol. The third kappa shape index (κ3) is 1.22. The molecule has 1 aromatic carbocycles. The first-order valence-corrected chi connectivity index (χ1v) is 4.56. The summed E-state index contributed by atoms with van der Waals surface area (Å²) in [6, 6.07) is 4.04. The van der Waals surface area contributed by atoms with Crippen LogP contribution in [-0.2, 0) is 7.05 Å². The molecule has 0 spiro atoms. The molecule has 0 radical (unpaired) electrons. The van der Waals surface area contributed by atoms with Gasteiger partial charge in [0.1, 0.15) is 11.3 Å². The first kappa shape index (κ1) is 8.57. The summed E-state index contributed by atoms with van der Waals surface area (Å²) in [6.07, 6.45) is 0. The minimum Gasteiger partial charge on any atom is -0.331 e. The van der Waals surface area contributed by atoms with Crippen LogP contribution in [0.2, 0.25) is 5.02 Å². The summed E-state index contributed by atoms with van der Waals surface area (Å²) in [5, 5.41) is 0.735. The van der Waals surface area contributed by atoms with E-state index in [9.17, 15) is 0 Å². The molecular formula is C10H11ClN2. The lowest BCUT2D eigenvalue weighted by Gasteiger charge is -1.98. The number of hydrogen-bond acceptors (Lipinski definition) is 1. The zero-order valence-electron chi connectivity index (χ0n) is 7.93. The molecule has 2 aromatic rings. The van der Waals surface area contributed by atoms with Gasteiger partial charge < -0.3 is 4.57 Å². The van der Waals surface area contributed by atoms with Gasteiger partial charge in [0.2, 0.25) is 0 Å². The molecule has 0 aliphatic heterocycles. The molecule has 3 heteroatoms. The SMILES string of the molecule is Cc1cc(Cl)c2nc(C)n(C)c2c1. The van der Waals surface area contributed by atoms with Gasteiger partial charge in [0.05, 0.1) is 10.5 Å². The molecule has 0 aliphatic carbocycles. The van der Waals surface area contributed by atoms with Gasteiger partial charge in [0, 0.05) is 7.05 Å². The maximum absolute atomic E-state index is 6.07. The highest BCUT2D eigenvalue weighted by Crippen LogP contribution is 2.24. The summed E-state index contributed by atoms with van der Waals surface area (Å²) in [4.78, 5) is 4.38. The fourth-order valence-electron chi connectivity index (χ4n) is 1.49. The number of rotatable bonds is 0. The van der Waals surface area contributed by atoms with Gasteiger partial charge >= 0.3 is 0 Å². The van der Waals surface area contributed by atoms with Crippen molar-refractivity contribution >= 4 is 22.6 Å². The van der Waals surface area contributed by atoms with Crippen LogP contribution in [0.3, 0.4) is 0 Å². The summed E-state index contributed by atoms with van der Waals surface area (Å²) in [5.74, 6) is 0.988. The van der Waals surface area contributed by atoms with Crippen LogP contribution >= 0.6 is 11.6 Å². The largest absolute Gasteiger partial charge is 0.331 e. The van der Waals surface area contributed by atoms with Gasteiger partial charge in [0.15, 0.2) is 0 Å². The van der Waals surface area contributed by atoms with E-state index in [1.807, 2.05) is 31.5 Å². The number of aromatic nitrogens is 2. The second kappa shape index (κ2) is 2.74. The van der Waals surface area contributed by atoms with Crippen molar-refractivity contribution in [2.45, 2.75) is 13.8 Å². The van der Waals surface area contributed by atoms with Gasteiger partial charge in [-0.05, 0) is 31.5 Å². The molecule has 0 aliphatic rings. The van der Waals surface area contributed by atoms with Crippen LogP contribution in [0.25, 0.3) is 11.0 Å². The maximum atomic E-state index is 6.07. The third-order valence-corrected chi connectivity index (χ3v) is 2.60. The molecule has 0 amide bonds. The Labute approximate surface area is 82.1 Å². The van der Waals surface area contributed by atoms with Crippen molar-refractivity contribution in [2.24, 2.45) is 7.05 Å². The highest BCUT2D eigenvalue weighted by Gasteiger charge is 2.07. The van der Waals surface area contributed by atoms with E-state index in [0.717, 1.165) is 21.9 Å². The molecule has 1 heterocycles. The van der Waals surface area contributed by atoms with Gasteiger partial charge in [-0.25, -0.2) is 4.98 Å². The standard InChI is InChI=1S/C10H11ClN2/c1-6-4-8(11)10-9(5-6)13(3)7(2)12-10/h4-5H,1-3H3. The molecule has 0 atom stereocenters. The van der Waals surface area contributed by atoms with Gasteiger partial charge in [-0.15, -0.1) is 0 Å². The summed E-state index contributed by atoms with van der Waals surface area (Å²) in [5.41, 5.74) is 3.16. The Morgan fingerprint density at radius 3 is 2.69 bits per heavy atom. The average Bonchev–Trinajstić information content (AvgIpc) is 2.32. The number of halogens is 1. The van der Waals surface area contributed by atoms with E-state index in [1.165, 1.54) is 5.56 Å². The van der Waals surface area contributed by atoms with Gasteiger partial charge in [-0.2, -0.15) is 0 Å².